The summed E-state index contributed by atoms with van der Waals surface area (Å²) in [6, 6.07) is 11.1. The van der Waals surface area contributed by atoms with Gasteiger partial charge in [-0.05, 0) is 62.1 Å². The van der Waals surface area contributed by atoms with E-state index in [9.17, 15) is 0 Å². The second-order valence-electron chi connectivity index (χ2n) is 5.78. The summed E-state index contributed by atoms with van der Waals surface area (Å²) in [7, 11) is 0. The molecule has 0 amide bonds. The standard InChI is InChI=1S/C16H23N/c1-2-4-14(5-3-1)16-12-15(16)7-6-13-8-10-17-11-9-13/h1-5,13,15-17H,6-12H2/t15-,16+/m1/s1. The SMILES string of the molecule is c1ccc([C@@H]2C[C@H]2CCC2CCNCC2)cc1. The first-order valence-corrected chi connectivity index (χ1v) is 7.19. The molecule has 0 bridgehead atoms. The van der Waals surface area contributed by atoms with Gasteiger partial charge in [-0.3, -0.25) is 0 Å². The van der Waals surface area contributed by atoms with Crippen molar-refractivity contribution < 1.29 is 0 Å². The van der Waals surface area contributed by atoms with Crippen LogP contribution in [-0.4, -0.2) is 13.1 Å². The number of rotatable bonds is 4. The van der Waals surface area contributed by atoms with Crippen molar-refractivity contribution in [2.45, 2.75) is 38.0 Å². The van der Waals surface area contributed by atoms with Crippen molar-refractivity contribution in [3.05, 3.63) is 35.9 Å². The Morgan fingerprint density at radius 1 is 1.00 bits per heavy atom. The molecular formula is C16H23N. The van der Waals surface area contributed by atoms with Gasteiger partial charge in [-0.1, -0.05) is 36.8 Å². The Kier molecular flexibility index (Phi) is 3.46. The zero-order valence-electron chi connectivity index (χ0n) is 10.6. The molecule has 17 heavy (non-hydrogen) atoms. The Hall–Kier alpha value is -0.820. The first-order valence-electron chi connectivity index (χ1n) is 7.19. The molecule has 2 atom stereocenters. The van der Waals surface area contributed by atoms with Gasteiger partial charge in [-0.2, -0.15) is 0 Å². The van der Waals surface area contributed by atoms with Crippen LogP contribution in [0.4, 0.5) is 0 Å². The minimum absolute atomic E-state index is 0.887. The zero-order valence-corrected chi connectivity index (χ0v) is 10.6. The maximum Gasteiger partial charge on any atom is -0.00463 e. The molecular weight excluding hydrogens is 206 g/mol. The Labute approximate surface area is 105 Å². The van der Waals surface area contributed by atoms with Crippen LogP contribution in [0.3, 0.4) is 0 Å². The Balaban J connectivity index is 1.43. The molecule has 1 aromatic carbocycles. The molecule has 1 heteroatoms. The number of benzene rings is 1. The lowest BCUT2D eigenvalue weighted by Gasteiger charge is -2.22. The molecule has 1 aromatic rings. The van der Waals surface area contributed by atoms with Crippen LogP contribution in [0.2, 0.25) is 0 Å². The molecule has 0 unspecified atom stereocenters. The highest BCUT2D eigenvalue weighted by Crippen LogP contribution is 2.50. The first kappa shape index (κ1) is 11.3. The van der Waals surface area contributed by atoms with Crippen molar-refractivity contribution in [1.29, 1.82) is 0 Å². The third-order valence-electron chi connectivity index (χ3n) is 4.55. The topological polar surface area (TPSA) is 12.0 Å². The van der Waals surface area contributed by atoms with E-state index in [1.807, 2.05) is 0 Å². The molecule has 2 fully saturated rings. The van der Waals surface area contributed by atoms with E-state index in [1.165, 1.54) is 45.2 Å². The fourth-order valence-corrected chi connectivity index (χ4v) is 3.30. The number of hydrogen-bond donors (Lipinski definition) is 1. The predicted molar refractivity (Wildman–Crippen MR) is 72.1 cm³/mol. The predicted octanol–water partition coefficient (Wildman–Crippen LogP) is 3.57. The van der Waals surface area contributed by atoms with Gasteiger partial charge in [-0.15, -0.1) is 0 Å². The summed E-state index contributed by atoms with van der Waals surface area (Å²) in [4.78, 5) is 0. The van der Waals surface area contributed by atoms with Gasteiger partial charge in [0.2, 0.25) is 0 Å². The average molecular weight is 229 g/mol. The average Bonchev–Trinajstić information content (AvgIpc) is 3.18. The van der Waals surface area contributed by atoms with Gasteiger partial charge in [0.05, 0.1) is 0 Å². The van der Waals surface area contributed by atoms with Crippen molar-refractivity contribution in [2.75, 3.05) is 13.1 Å². The van der Waals surface area contributed by atoms with Crippen molar-refractivity contribution in [2.24, 2.45) is 11.8 Å². The van der Waals surface area contributed by atoms with E-state index in [0.717, 1.165) is 17.8 Å². The number of hydrogen-bond acceptors (Lipinski definition) is 1. The third-order valence-corrected chi connectivity index (χ3v) is 4.55. The van der Waals surface area contributed by atoms with Crippen LogP contribution >= 0.6 is 0 Å². The van der Waals surface area contributed by atoms with Crippen LogP contribution in [0.5, 0.6) is 0 Å². The quantitative estimate of drug-likeness (QED) is 0.832. The maximum atomic E-state index is 3.45. The van der Waals surface area contributed by atoms with Crippen LogP contribution in [0.25, 0.3) is 0 Å². The third kappa shape index (κ3) is 2.90. The summed E-state index contributed by atoms with van der Waals surface area (Å²) < 4.78 is 0. The normalized spacial score (nSPS) is 29.2. The van der Waals surface area contributed by atoms with E-state index in [4.69, 9.17) is 0 Å². The number of nitrogens with one attached hydrogen (secondary N) is 1. The van der Waals surface area contributed by atoms with Crippen molar-refractivity contribution in [3.63, 3.8) is 0 Å². The monoisotopic (exact) mass is 229 g/mol. The van der Waals surface area contributed by atoms with Gasteiger partial charge in [0.15, 0.2) is 0 Å². The molecule has 1 aliphatic carbocycles. The lowest BCUT2D eigenvalue weighted by molar-refractivity contribution is 0.340. The fourth-order valence-electron chi connectivity index (χ4n) is 3.30. The fraction of sp³-hybridized carbons (Fsp3) is 0.625. The molecule has 2 aliphatic rings. The van der Waals surface area contributed by atoms with Gasteiger partial charge in [0, 0.05) is 0 Å². The van der Waals surface area contributed by atoms with Gasteiger partial charge in [-0.25, -0.2) is 0 Å². The summed E-state index contributed by atoms with van der Waals surface area (Å²) >= 11 is 0. The van der Waals surface area contributed by atoms with E-state index in [-0.39, 0.29) is 0 Å². The summed E-state index contributed by atoms with van der Waals surface area (Å²) in [6.07, 6.45) is 7.18. The van der Waals surface area contributed by atoms with Crippen LogP contribution in [0.15, 0.2) is 30.3 Å². The molecule has 1 nitrogen and oxygen atoms in total. The molecule has 0 spiro atoms. The van der Waals surface area contributed by atoms with Gasteiger partial charge in [0.25, 0.3) is 0 Å². The largest absolute Gasteiger partial charge is 0.317 e. The minimum atomic E-state index is 0.887. The summed E-state index contributed by atoms with van der Waals surface area (Å²) in [5, 5.41) is 3.45. The molecule has 0 radical (unpaired) electrons. The van der Waals surface area contributed by atoms with E-state index in [0.29, 0.717) is 0 Å². The van der Waals surface area contributed by atoms with Crippen molar-refractivity contribution >= 4 is 0 Å². The van der Waals surface area contributed by atoms with Crippen molar-refractivity contribution in [1.82, 2.24) is 5.32 Å². The van der Waals surface area contributed by atoms with E-state index >= 15 is 0 Å². The Morgan fingerprint density at radius 2 is 1.76 bits per heavy atom. The van der Waals surface area contributed by atoms with Gasteiger partial charge < -0.3 is 5.32 Å². The summed E-state index contributed by atoms with van der Waals surface area (Å²) in [6.45, 7) is 2.49. The van der Waals surface area contributed by atoms with E-state index in [1.54, 1.807) is 5.56 Å². The lowest BCUT2D eigenvalue weighted by Crippen LogP contribution is -2.27. The molecule has 1 saturated carbocycles. The minimum Gasteiger partial charge on any atom is -0.317 e. The molecule has 1 saturated heterocycles. The van der Waals surface area contributed by atoms with Crippen LogP contribution < -0.4 is 5.32 Å². The van der Waals surface area contributed by atoms with E-state index < -0.39 is 0 Å². The highest BCUT2D eigenvalue weighted by molar-refractivity contribution is 5.25. The molecule has 92 valence electrons. The lowest BCUT2D eigenvalue weighted by atomic mass is 9.91. The van der Waals surface area contributed by atoms with Crippen molar-refractivity contribution in [3.8, 4) is 0 Å². The summed E-state index contributed by atoms with van der Waals surface area (Å²) in [5.74, 6) is 2.89. The maximum absolute atomic E-state index is 3.45. The molecule has 0 aromatic heterocycles. The smallest absolute Gasteiger partial charge is 0.00463 e. The molecule has 1 heterocycles. The number of piperidine rings is 1. The second-order valence-corrected chi connectivity index (χ2v) is 5.78. The first-order chi connectivity index (χ1) is 8.43. The zero-order chi connectivity index (χ0) is 11.5. The van der Waals surface area contributed by atoms with Gasteiger partial charge in [0.1, 0.15) is 0 Å². The van der Waals surface area contributed by atoms with Crippen LogP contribution in [-0.2, 0) is 0 Å². The molecule has 1 N–H and O–H groups in total. The van der Waals surface area contributed by atoms with Crippen LogP contribution in [0.1, 0.15) is 43.6 Å². The second kappa shape index (κ2) is 5.22. The summed E-state index contributed by atoms with van der Waals surface area (Å²) in [5.41, 5.74) is 1.57. The highest BCUT2D eigenvalue weighted by atomic mass is 14.9. The van der Waals surface area contributed by atoms with Gasteiger partial charge >= 0.3 is 0 Å². The van der Waals surface area contributed by atoms with Crippen LogP contribution in [0, 0.1) is 11.8 Å². The molecule has 3 rings (SSSR count). The Bertz CT molecular complexity index is 340. The highest BCUT2D eigenvalue weighted by Gasteiger charge is 2.37. The Morgan fingerprint density at radius 3 is 2.53 bits per heavy atom. The van der Waals surface area contributed by atoms with E-state index in [2.05, 4.69) is 35.6 Å². The molecule has 1 aliphatic heterocycles.